The molecule has 0 radical (unpaired) electrons. The maximum absolute atomic E-state index is 14.1. The molecule has 1 aliphatic rings. The second-order valence-corrected chi connectivity index (χ2v) is 7.43. The third kappa shape index (κ3) is 5.51. The lowest BCUT2D eigenvalue weighted by Gasteiger charge is -2.25. The van der Waals surface area contributed by atoms with Gasteiger partial charge in [0.2, 0.25) is 5.91 Å². The summed E-state index contributed by atoms with van der Waals surface area (Å²) in [5.41, 5.74) is 0.443. The van der Waals surface area contributed by atoms with E-state index in [1.807, 2.05) is 17.5 Å². The van der Waals surface area contributed by atoms with Gasteiger partial charge in [-0.05, 0) is 42.5 Å². The molecule has 2 heterocycles. The number of ether oxygens (including phenoxy) is 1. The maximum Gasteiger partial charge on any atom is 0.322 e. The topological polar surface area (TPSA) is 70.7 Å². The number of nitrogens with zero attached hydrogens (tertiary/aromatic N) is 1. The van der Waals surface area contributed by atoms with Gasteiger partial charge in [-0.15, -0.1) is 11.3 Å². The summed E-state index contributed by atoms with van der Waals surface area (Å²) in [6, 6.07) is 7.55. The molecule has 3 amide bonds. The van der Waals surface area contributed by atoms with Crippen molar-refractivity contribution in [2.75, 3.05) is 23.8 Å². The van der Waals surface area contributed by atoms with Crippen LogP contribution in [0.4, 0.5) is 20.6 Å². The van der Waals surface area contributed by atoms with Crippen LogP contribution in [0.15, 0.2) is 35.7 Å². The lowest BCUT2D eigenvalue weighted by atomic mass is 10.2. The van der Waals surface area contributed by atoms with E-state index in [1.54, 1.807) is 16.2 Å². The van der Waals surface area contributed by atoms with Crippen molar-refractivity contribution in [1.82, 2.24) is 4.90 Å². The molecular formula is C19H22FN3O3S. The quantitative estimate of drug-likeness (QED) is 0.780. The van der Waals surface area contributed by atoms with Crippen LogP contribution in [0.25, 0.3) is 0 Å². The Morgan fingerprint density at radius 2 is 2.19 bits per heavy atom. The Balaban J connectivity index is 1.73. The molecule has 6 nitrogen and oxygen atoms in total. The summed E-state index contributed by atoms with van der Waals surface area (Å²) in [6.07, 6.45) is 1.87. The molecule has 0 bridgehead atoms. The molecule has 144 valence electrons. The van der Waals surface area contributed by atoms with Crippen molar-refractivity contribution in [3.63, 3.8) is 0 Å². The molecule has 0 saturated carbocycles. The summed E-state index contributed by atoms with van der Waals surface area (Å²) in [7, 11) is 0. The van der Waals surface area contributed by atoms with Gasteiger partial charge in [-0.3, -0.25) is 4.79 Å². The van der Waals surface area contributed by atoms with Crippen LogP contribution >= 0.6 is 11.3 Å². The van der Waals surface area contributed by atoms with Crippen LogP contribution in [0.2, 0.25) is 0 Å². The Bertz CT molecular complexity index is 792. The van der Waals surface area contributed by atoms with E-state index in [9.17, 15) is 14.0 Å². The number of benzene rings is 1. The number of carbonyl (C=O) groups is 2. The minimum atomic E-state index is -0.564. The fourth-order valence-corrected chi connectivity index (χ4v) is 3.66. The average molecular weight is 391 g/mol. The lowest BCUT2D eigenvalue weighted by Crippen LogP contribution is -2.39. The number of hydrogen-bond donors (Lipinski definition) is 2. The number of halogens is 1. The zero-order valence-electron chi connectivity index (χ0n) is 15.0. The van der Waals surface area contributed by atoms with Crippen LogP contribution in [-0.2, 0) is 16.1 Å². The van der Waals surface area contributed by atoms with Gasteiger partial charge in [0.25, 0.3) is 0 Å². The highest BCUT2D eigenvalue weighted by Gasteiger charge is 2.24. The van der Waals surface area contributed by atoms with Crippen molar-refractivity contribution in [1.29, 1.82) is 0 Å². The second-order valence-electron chi connectivity index (χ2n) is 6.40. The SMILES string of the molecule is CC(=O)Nc1ccc(F)c(NC(=O)N(Cc2cccs2)CC2CCCO2)c1. The number of urea groups is 1. The first-order chi connectivity index (χ1) is 13.0. The minimum Gasteiger partial charge on any atom is -0.376 e. The molecule has 2 aromatic rings. The Morgan fingerprint density at radius 1 is 1.33 bits per heavy atom. The Kier molecular flexibility index (Phi) is 6.41. The lowest BCUT2D eigenvalue weighted by molar-refractivity contribution is -0.114. The number of carbonyl (C=O) groups excluding carboxylic acids is 2. The van der Waals surface area contributed by atoms with Gasteiger partial charge >= 0.3 is 6.03 Å². The Labute approximate surface area is 161 Å². The third-order valence-electron chi connectivity index (χ3n) is 4.19. The van der Waals surface area contributed by atoms with Gasteiger partial charge in [0.15, 0.2) is 0 Å². The number of nitrogens with one attached hydrogen (secondary N) is 2. The number of rotatable bonds is 6. The normalized spacial score (nSPS) is 16.1. The van der Waals surface area contributed by atoms with Crippen LogP contribution in [-0.4, -0.2) is 36.1 Å². The number of amides is 3. The molecule has 1 aromatic heterocycles. The summed E-state index contributed by atoms with van der Waals surface area (Å²) < 4.78 is 19.8. The summed E-state index contributed by atoms with van der Waals surface area (Å²) in [5, 5.41) is 7.15. The Morgan fingerprint density at radius 3 is 2.85 bits per heavy atom. The predicted octanol–water partition coefficient (Wildman–Crippen LogP) is 4.06. The molecule has 1 aromatic carbocycles. The highest BCUT2D eigenvalue weighted by atomic mass is 32.1. The van der Waals surface area contributed by atoms with E-state index in [4.69, 9.17) is 4.74 Å². The fourth-order valence-electron chi connectivity index (χ4n) is 2.94. The molecule has 1 saturated heterocycles. The highest BCUT2D eigenvalue weighted by Crippen LogP contribution is 2.22. The largest absolute Gasteiger partial charge is 0.376 e. The monoisotopic (exact) mass is 391 g/mol. The van der Waals surface area contributed by atoms with Crippen LogP contribution in [0, 0.1) is 5.82 Å². The van der Waals surface area contributed by atoms with Crippen LogP contribution in [0.3, 0.4) is 0 Å². The van der Waals surface area contributed by atoms with E-state index in [1.165, 1.54) is 25.1 Å². The van der Waals surface area contributed by atoms with Crippen LogP contribution in [0.5, 0.6) is 0 Å². The van der Waals surface area contributed by atoms with E-state index in [0.29, 0.717) is 25.4 Å². The van der Waals surface area contributed by atoms with E-state index in [2.05, 4.69) is 10.6 Å². The summed E-state index contributed by atoms with van der Waals surface area (Å²) >= 11 is 1.56. The first-order valence-electron chi connectivity index (χ1n) is 8.78. The molecule has 0 spiro atoms. The Hall–Kier alpha value is -2.45. The summed E-state index contributed by atoms with van der Waals surface area (Å²) in [6.45, 7) is 2.94. The van der Waals surface area contributed by atoms with Crippen molar-refractivity contribution < 1.29 is 18.7 Å². The molecule has 1 atom stereocenters. The van der Waals surface area contributed by atoms with Gasteiger partial charge in [-0.1, -0.05) is 6.07 Å². The highest BCUT2D eigenvalue weighted by molar-refractivity contribution is 7.09. The first-order valence-corrected chi connectivity index (χ1v) is 9.66. The molecule has 8 heteroatoms. The van der Waals surface area contributed by atoms with Crippen LogP contribution in [0.1, 0.15) is 24.6 Å². The summed E-state index contributed by atoms with van der Waals surface area (Å²) in [5.74, 6) is -0.831. The first kappa shape index (κ1) is 19.3. The second kappa shape index (κ2) is 8.96. The fraction of sp³-hybridized carbons (Fsp3) is 0.368. The van der Waals surface area contributed by atoms with Gasteiger partial charge in [-0.25, -0.2) is 9.18 Å². The van der Waals surface area contributed by atoms with Gasteiger partial charge in [0.05, 0.1) is 18.3 Å². The molecule has 1 unspecified atom stereocenters. The zero-order chi connectivity index (χ0) is 19.2. The summed E-state index contributed by atoms with van der Waals surface area (Å²) in [4.78, 5) is 26.7. The van der Waals surface area contributed by atoms with Crippen molar-refractivity contribution in [2.45, 2.75) is 32.4 Å². The van der Waals surface area contributed by atoms with E-state index >= 15 is 0 Å². The van der Waals surface area contributed by atoms with E-state index < -0.39 is 11.8 Å². The predicted molar refractivity (Wildman–Crippen MR) is 103 cm³/mol. The van der Waals surface area contributed by atoms with Crippen molar-refractivity contribution in [2.24, 2.45) is 0 Å². The van der Waals surface area contributed by atoms with Crippen molar-refractivity contribution >= 4 is 34.6 Å². The number of hydrogen-bond acceptors (Lipinski definition) is 4. The minimum absolute atomic E-state index is 0.00808. The van der Waals surface area contributed by atoms with Gasteiger partial charge in [-0.2, -0.15) is 0 Å². The van der Waals surface area contributed by atoms with Gasteiger partial charge in [0.1, 0.15) is 5.82 Å². The van der Waals surface area contributed by atoms with Crippen molar-refractivity contribution in [3.8, 4) is 0 Å². The van der Waals surface area contributed by atoms with E-state index in [-0.39, 0.29) is 17.7 Å². The zero-order valence-corrected chi connectivity index (χ0v) is 15.9. The average Bonchev–Trinajstić information content (AvgIpc) is 3.30. The molecule has 3 rings (SSSR count). The van der Waals surface area contributed by atoms with Crippen LogP contribution < -0.4 is 10.6 Å². The van der Waals surface area contributed by atoms with E-state index in [0.717, 1.165) is 17.7 Å². The molecule has 2 N–H and O–H groups in total. The number of thiophene rings is 1. The smallest absolute Gasteiger partial charge is 0.322 e. The van der Waals surface area contributed by atoms with Gasteiger partial charge < -0.3 is 20.3 Å². The van der Waals surface area contributed by atoms with Crippen molar-refractivity contribution in [3.05, 3.63) is 46.4 Å². The third-order valence-corrected chi connectivity index (χ3v) is 5.05. The standard InChI is InChI=1S/C19H22FN3O3S/c1-13(24)21-14-6-7-17(20)18(10-14)22-19(25)23(11-15-4-2-8-26-15)12-16-5-3-9-27-16/h3,5-7,9-10,15H,2,4,8,11-12H2,1H3,(H,21,24)(H,22,25). The molecule has 27 heavy (non-hydrogen) atoms. The van der Waals surface area contributed by atoms with Gasteiger partial charge in [0, 0.05) is 30.6 Å². The molecule has 1 aliphatic heterocycles. The molecule has 0 aliphatic carbocycles. The molecule has 1 fully saturated rings. The molecular weight excluding hydrogens is 369 g/mol. The number of anilines is 2. The maximum atomic E-state index is 14.1.